The molecular formula is C14H23NO3S. The van der Waals surface area contributed by atoms with Crippen LogP contribution in [0.3, 0.4) is 0 Å². The first-order valence-electron chi connectivity index (χ1n) is 6.53. The van der Waals surface area contributed by atoms with E-state index in [0.29, 0.717) is 13.2 Å². The van der Waals surface area contributed by atoms with Gasteiger partial charge in [-0.05, 0) is 18.4 Å². The Kier molecular flexibility index (Phi) is 5.97. The van der Waals surface area contributed by atoms with E-state index < -0.39 is 10.0 Å². The van der Waals surface area contributed by atoms with Crippen LogP contribution in [0.4, 0.5) is 0 Å². The molecule has 0 saturated heterocycles. The fourth-order valence-electron chi connectivity index (χ4n) is 2.09. The summed E-state index contributed by atoms with van der Waals surface area (Å²) in [5.41, 5.74) is 0.696. The normalized spacial score (nSPS) is 12.6. The summed E-state index contributed by atoms with van der Waals surface area (Å²) < 4.78 is 28.3. The first kappa shape index (κ1) is 16.1. The maximum Gasteiger partial charge on any atom is 0.209 e. The number of rotatable bonds is 8. The topological polar surface area (TPSA) is 69.4 Å². The molecule has 0 spiro atoms. The van der Waals surface area contributed by atoms with Crippen LogP contribution in [0.2, 0.25) is 0 Å². The van der Waals surface area contributed by atoms with Crippen molar-refractivity contribution in [3.8, 4) is 0 Å². The van der Waals surface area contributed by atoms with Crippen molar-refractivity contribution < 1.29 is 13.2 Å². The van der Waals surface area contributed by atoms with Crippen LogP contribution >= 0.6 is 0 Å². The van der Waals surface area contributed by atoms with Gasteiger partial charge in [0.05, 0.1) is 19.0 Å². The molecule has 0 atom stereocenters. The second kappa shape index (κ2) is 7.03. The van der Waals surface area contributed by atoms with Gasteiger partial charge < -0.3 is 4.74 Å². The predicted molar refractivity (Wildman–Crippen MR) is 77.1 cm³/mol. The van der Waals surface area contributed by atoms with Crippen molar-refractivity contribution in [3.63, 3.8) is 0 Å². The second-order valence-electron chi connectivity index (χ2n) is 4.99. The Hall–Kier alpha value is -0.910. The SMILES string of the molecule is CCC(CC)(COCc1ccccc1)CS(N)(=O)=O. The van der Waals surface area contributed by atoms with Gasteiger partial charge in [0, 0.05) is 5.41 Å². The minimum absolute atomic E-state index is 0.0260. The number of hydrogen-bond donors (Lipinski definition) is 1. The number of sulfonamides is 1. The van der Waals surface area contributed by atoms with Crippen molar-refractivity contribution in [2.75, 3.05) is 12.4 Å². The number of ether oxygens (including phenoxy) is 1. The van der Waals surface area contributed by atoms with E-state index in [-0.39, 0.29) is 11.2 Å². The lowest BCUT2D eigenvalue weighted by Crippen LogP contribution is -2.36. The van der Waals surface area contributed by atoms with E-state index >= 15 is 0 Å². The summed E-state index contributed by atoms with van der Waals surface area (Å²) in [6, 6.07) is 9.83. The molecule has 4 nitrogen and oxygen atoms in total. The molecule has 0 amide bonds. The lowest BCUT2D eigenvalue weighted by atomic mass is 9.85. The zero-order valence-corrected chi connectivity index (χ0v) is 12.4. The molecule has 108 valence electrons. The molecule has 0 aliphatic rings. The zero-order valence-electron chi connectivity index (χ0n) is 11.6. The molecule has 0 aliphatic carbocycles. The summed E-state index contributed by atoms with van der Waals surface area (Å²) in [5, 5.41) is 5.17. The Morgan fingerprint density at radius 2 is 1.74 bits per heavy atom. The van der Waals surface area contributed by atoms with Crippen LogP contribution in [0.1, 0.15) is 32.3 Å². The van der Waals surface area contributed by atoms with Crippen LogP contribution in [-0.4, -0.2) is 20.8 Å². The molecule has 0 fully saturated rings. The molecule has 0 saturated carbocycles. The molecule has 1 aromatic rings. The highest BCUT2D eigenvalue weighted by atomic mass is 32.2. The van der Waals surface area contributed by atoms with E-state index in [2.05, 4.69) is 0 Å². The van der Waals surface area contributed by atoms with E-state index in [1.54, 1.807) is 0 Å². The third-order valence-corrected chi connectivity index (χ3v) is 4.54. The summed E-state index contributed by atoms with van der Waals surface area (Å²) in [4.78, 5) is 0. The Labute approximate surface area is 116 Å². The van der Waals surface area contributed by atoms with Crippen molar-refractivity contribution in [3.05, 3.63) is 35.9 Å². The predicted octanol–water partition coefficient (Wildman–Crippen LogP) is 2.30. The molecule has 1 rings (SSSR count). The van der Waals surface area contributed by atoms with Gasteiger partial charge in [0.2, 0.25) is 10.0 Å². The molecular weight excluding hydrogens is 262 g/mol. The van der Waals surface area contributed by atoms with E-state index in [9.17, 15) is 8.42 Å². The van der Waals surface area contributed by atoms with Gasteiger partial charge in [-0.25, -0.2) is 13.6 Å². The van der Waals surface area contributed by atoms with E-state index in [1.807, 2.05) is 44.2 Å². The summed E-state index contributed by atoms with van der Waals surface area (Å²) >= 11 is 0. The molecule has 19 heavy (non-hydrogen) atoms. The average molecular weight is 285 g/mol. The minimum Gasteiger partial charge on any atom is -0.376 e. The molecule has 5 heteroatoms. The summed E-state index contributed by atoms with van der Waals surface area (Å²) in [6.07, 6.45) is 1.46. The highest BCUT2D eigenvalue weighted by Gasteiger charge is 2.31. The van der Waals surface area contributed by atoms with E-state index in [4.69, 9.17) is 9.88 Å². The summed E-state index contributed by atoms with van der Waals surface area (Å²) in [6.45, 7) is 4.85. The molecule has 0 aliphatic heterocycles. The highest BCUT2D eigenvalue weighted by molar-refractivity contribution is 7.89. The Bertz CT molecular complexity index is 467. The standard InChI is InChI=1S/C14H23NO3S/c1-3-14(4-2,12-19(15,16)17)11-18-10-13-8-6-5-7-9-13/h5-9H,3-4,10-12H2,1-2H3,(H2,15,16,17). The third kappa shape index (κ3) is 5.72. The second-order valence-corrected chi connectivity index (χ2v) is 6.61. The van der Waals surface area contributed by atoms with Gasteiger partial charge in [-0.3, -0.25) is 0 Å². The zero-order chi connectivity index (χ0) is 14.4. The maximum absolute atomic E-state index is 11.3. The monoisotopic (exact) mass is 285 g/mol. The van der Waals surface area contributed by atoms with Crippen LogP contribution in [0, 0.1) is 5.41 Å². The molecule has 2 N–H and O–H groups in total. The van der Waals surface area contributed by atoms with Crippen molar-refractivity contribution in [2.45, 2.75) is 33.3 Å². The summed E-state index contributed by atoms with van der Waals surface area (Å²) in [5.74, 6) is -0.0260. The van der Waals surface area contributed by atoms with Crippen LogP contribution in [0.5, 0.6) is 0 Å². The van der Waals surface area contributed by atoms with Gasteiger partial charge in [-0.15, -0.1) is 0 Å². The van der Waals surface area contributed by atoms with Gasteiger partial charge >= 0.3 is 0 Å². The van der Waals surface area contributed by atoms with Crippen LogP contribution in [0.25, 0.3) is 0 Å². The fraction of sp³-hybridized carbons (Fsp3) is 0.571. The lowest BCUT2D eigenvalue weighted by molar-refractivity contribution is 0.0397. The Morgan fingerprint density at radius 3 is 2.21 bits per heavy atom. The van der Waals surface area contributed by atoms with Gasteiger partial charge in [-0.2, -0.15) is 0 Å². The summed E-state index contributed by atoms with van der Waals surface area (Å²) in [7, 11) is -3.48. The molecule has 0 aromatic heterocycles. The first-order valence-corrected chi connectivity index (χ1v) is 8.24. The first-order chi connectivity index (χ1) is 8.91. The van der Waals surface area contributed by atoms with Crippen molar-refractivity contribution in [1.82, 2.24) is 0 Å². The van der Waals surface area contributed by atoms with E-state index in [1.165, 1.54) is 0 Å². The van der Waals surface area contributed by atoms with Crippen LogP contribution in [0.15, 0.2) is 30.3 Å². The quantitative estimate of drug-likeness (QED) is 0.796. The molecule has 0 radical (unpaired) electrons. The molecule has 0 bridgehead atoms. The minimum atomic E-state index is -3.48. The van der Waals surface area contributed by atoms with Crippen LogP contribution < -0.4 is 5.14 Å². The molecule has 1 aromatic carbocycles. The van der Waals surface area contributed by atoms with Gasteiger partial charge in [0.25, 0.3) is 0 Å². The van der Waals surface area contributed by atoms with Crippen LogP contribution in [-0.2, 0) is 21.4 Å². The molecule has 0 unspecified atom stereocenters. The third-order valence-electron chi connectivity index (χ3n) is 3.53. The average Bonchev–Trinajstić information content (AvgIpc) is 2.37. The fourth-order valence-corrected chi connectivity index (χ4v) is 3.43. The van der Waals surface area contributed by atoms with Gasteiger partial charge in [-0.1, -0.05) is 44.2 Å². The smallest absolute Gasteiger partial charge is 0.209 e. The lowest BCUT2D eigenvalue weighted by Gasteiger charge is -2.30. The van der Waals surface area contributed by atoms with Gasteiger partial charge in [0.15, 0.2) is 0 Å². The number of primary sulfonamides is 1. The maximum atomic E-state index is 11.3. The van der Waals surface area contributed by atoms with Crippen molar-refractivity contribution in [2.24, 2.45) is 10.6 Å². The largest absolute Gasteiger partial charge is 0.376 e. The Morgan fingerprint density at radius 1 is 1.16 bits per heavy atom. The number of nitrogens with two attached hydrogens (primary N) is 1. The molecule has 0 heterocycles. The van der Waals surface area contributed by atoms with Crippen molar-refractivity contribution >= 4 is 10.0 Å². The van der Waals surface area contributed by atoms with E-state index in [0.717, 1.165) is 18.4 Å². The number of hydrogen-bond acceptors (Lipinski definition) is 3. The number of benzene rings is 1. The highest BCUT2D eigenvalue weighted by Crippen LogP contribution is 2.28. The van der Waals surface area contributed by atoms with Crippen molar-refractivity contribution in [1.29, 1.82) is 0 Å². The Balaban J connectivity index is 2.59. The van der Waals surface area contributed by atoms with Gasteiger partial charge in [0.1, 0.15) is 0 Å².